The Kier molecular flexibility index (Phi) is 3.98. The minimum Gasteiger partial charge on any atom is -0.492 e. The first-order valence-electron chi connectivity index (χ1n) is 7.95. The van der Waals surface area contributed by atoms with Gasteiger partial charge in [0.15, 0.2) is 0 Å². The van der Waals surface area contributed by atoms with E-state index in [-0.39, 0.29) is 11.8 Å². The molecule has 1 amide bonds. The number of carbonyl (C=O) groups excluding carboxylic acids is 1. The van der Waals surface area contributed by atoms with Gasteiger partial charge in [-0.05, 0) is 6.07 Å². The van der Waals surface area contributed by atoms with Crippen LogP contribution in [-0.4, -0.2) is 53.6 Å². The number of hydrogen-bond acceptors (Lipinski definition) is 5. The fraction of sp³-hybridized carbons (Fsp3) is 0.353. The molecule has 2 aliphatic rings. The zero-order chi connectivity index (χ0) is 16.5. The van der Waals surface area contributed by atoms with Gasteiger partial charge in [-0.3, -0.25) is 4.79 Å². The van der Waals surface area contributed by atoms with Crippen LogP contribution in [0.1, 0.15) is 11.5 Å². The van der Waals surface area contributed by atoms with Crippen molar-refractivity contribution < 1.29 is 9.53 Å². The Morgan fingerprint density at radius 1 is 1.17 bits per heavy atom. The Hall–Kier alpha value is -2.34. The van der Waals surface area contributed by atoms with Crippen LogP contribution >= 0.6 is 11.6 Å². The molecule has 0 aliphatic carbocycles. The molecule has 1 atom stereocenters. The van der Waals surface area contributed by atoms with Crippen molar-refractivity contribution in [2.45, 2.75) is 5.92 Å². The van der Waals surface area contributed by atoms with E-state index in [9.17, 15) is 4.79 Å². The molecule has 0 N–H and O–H groups in total. The fourth-order valence-corrected chi connectivity index (χ4v) is 3.38. The van der Waals surface area contributed by atoms with Gasteiger partial charge in [0.05, 0.1) is 0 Å². The van der Waals surface area contributed by atoms with Crippen molar-refractivity contribution in [2.24, 2.45) is 0 Å². The number of carbonyl (C=O) groups is 1. The predicted molar refractivity (Wildman–Crippen MR) is 90.5 cm³/mol. The molecule has 124 valence electrons. The summed E-state index contributed by atoms with van der Waals surface area (Å²) in [5, 5.41) is 0.429. The number of nitrogens with zero attached hydrogens (tertiary/aromatic N) is 4. The van der Waals surface area contributed by atoms with Crippen LogP contribution in [0.3, 0.4) is 0 Å². The molecule has 0 spiro atoms. The summed E-state index contributed by atoms with van der Waals surface area (Å²) >= 11 is 5.92. The predicted octanol–water partition coefficient (Wildman–Crippen LogP) is 1.95. The molecule has 0 radical (unpaired) electrons. The van der Waals surface area contributed by atoms with Crippen LogP contribution in [0.25, 0.3) is 0 Å². The summed E-state index contributed by atoms with van der Waals surface area (Å²) in [6.07, 6.45) is 1.46. The summed E-state index contributed by atoms with van der Waals surface area (Å²) < 4.78 is 5.64. The topological polar surface area (TPSA) is 58.6 Å². The molecule has 7 heteroatoms. The molecule has 1 aromatic carbocycles. The molecule has 1 aromatic heterocycles. The molecule has 1 saturated heterocycles. The van der Waals surface area contributed by atoms with E-state index in [4.69, 9.17) is 16.3 Å². The van der Waals surface area contributed by atoms with E-state index in [0.717, 1.165) is 30.2 Å². The first-order chi connectivity index (χ1) is 11.7. The van der Waals surface area contributed by atoms with Crippen molar-refractivity contribution in [2.75, 3.05) is 37.7 Å². The van der Waals surface area contributed by atoms with E-state index in [1.807, 2.05) is 29.2 Å². The van der Waals surface area contributed by atoms with Gasteiger partial charge in [-0.25, -0.2) is 9.97 Å². The lowest BCUT2D eigenvalue weighted by atomic mass is 9.99. The zero-order valence-electron chi connectivity index (χ0n) is 13.1. The van der Waals surface area contributed by atoms with Crippen LogP contribution in [0.2, 0.25) is 5.15 Å². The van der Waals surface area contributed by atoms with Crippen LogP contribution in [0.15, 0.2) is 36.7 Å². The summed E-state index contributed by atoms with van der Waals surface area (Å²) in [6.45, 7) is 3.22. The monoisotopic (exact) mass is 344 g/mol. The van der Waals surface area contributed by atoms with Crippen LogP contribution < -0.4 is 9.64 Å². The highest BCUT2D eigenvalue weighted by molar-refractivity contribution is 6.29. The van der Waals surface area contributed by atoms with Crippen molar-refractivity contribution in [3.05, 3.63) is 47.4 Å². The van der Waals surface area contributed by atoms with Crippen LogP contribution in [0.5, 0.6) is 5.75 Å². The lowest BCUT2D eigenvalue weighted by molar-refractivity contribution is -0.133. The van der Waals surface area contributed by atoms with Crippen molar-refractivity contribution in [3.8, 4) is 5.75 Å². The molecule has 0 bridgehead atoms. The molecule has 0 saturated carbocycles. The van der Waals surface area contributed by atoms with Crippen molar-refractivity contribution >= 4 is 23.3 Å². The molecule has 6 nitrogen and oxygen atoms in total. The molecule has 2 aliphatic heterocycles. The van der Waals surface area contributed by atoms with Gasteiger partial charge in [-0.2, -0.15) is 0 Å². The zero-order valence-corrected chi connectivity index (χ0v) is 13.8. The van der Waals surface area contributed by atoms with Gasteiger partial charge in [0.2, 0.25) is 5.91 Å². The maximum absolute atomic E-state index is 12.8. The summed E-state index contributed by atoms with van der Waals surface area (Å²) in [4.78, 5) is 25.0. The lowest BCUT2D eigenvalue weighted by Gasteiger charge is -2.36. The van der Waals surface area contributed by atoms with E-state index in [1.54, 1.807) is 6.07 Å². The maximum atomic E-state index is 12.8. The number of ether oxygens (including phenoxy) is 1. The summed E-state index contributed by atoms with van der Waals surface area (Å²) in [7, 11) is 0. The number of hydrogen-bond donors (Lipinski definition) is 0. The van der Waals surface area contributed by atoms with Gasteiger partial charge in [0.1, 0.15) is 35.6 Å². The summed E-state index contributed by atoms with van der Waals surface area (Å²) in [5.74, 6) is 1.57. The largest absolute Gasteiger partial charge is 0.492 e. The first kappa shape index (κ1) is 15.2. The second kappa shape index (κ2) is 6.28. The fourth-order valence-electron chi connectivity index (χ4n) is 3.24. The number of anilines is 1. The highest BCUT2D eigenvalue weighted by Crippen LogP contribution is 2.34. The number of benzene rings is 1. The smallest absolute Gasteiger partial charge is 0.233 e. The molecular formula is C17H17ClN4O2. The number of halogens is 1. The quantitative estimate of drug-likeness (QED) is 0.779. The van der Waals surface area contributed by atoms with Gasteiger partial charge >= 0.3 is 0 Å². The number of fused-ring (bicyclic) bond motifs is 1. The average Bonchev–Trinajstić information content (AvgIpc) is 3.05. The highest BCUT2D eigenvalue weighted by atomic mass is 35.5. The molecule has 4 rings (SSSR count). The second-order valence-electron chi connectivity index (χ2n) is 5.91. The molecule has 0 unspecified atom stereocenters. The Bertz CT molecular complexity index is 762. The van der Waals surface area contributed by atoms with Crippen molar-refractivity contribution in [1.29, 1.82) is 0 Å². The minimum atomic E-state index is -0.193. The van der Waals surface area contributed by atoms with Gasteiger partial charge < -0.3 is 14.5 Å². The molecule has 3 heterocycles. The SMILES string of the molecule is O=C([C@H]1COc2ccccc21)N1CCN(c2cc(Cl)ncn2)CC1. The number of aromatic nitrogens is 2. The third-order valence-electron chi connectivity index (χ3n) is 4.53. The summed E-state index contributed by atoms with van der Waals surface area (Å²) in [6, 6.07) is 9.52. The average molecular weight is 345 g/mol. The van der Waals surface area contributed by atoms with Gasteiger partial charge in [-0.1, -0.05) is 29.8 Å². The van der Waals surface area contributed by atoms with Crippen LogP contribution in [0, 0.1) is 0 Å². The van der Waals surface area contributed by atoms with E-state index < -0.39 is 0 Å². The number of rotatable bonds is 2. The normalized spacial score (nSPS) is 19.8. The van der Waals surface area contributed by atoms with Crippen LogP contribution in [-0.2, 0) is 4.79 Å². The van der Waals surface area contributed by atoms with E-state index in [1.165, 1.54) is 6.33 Å². The van der Waals surface area contributed by atoms with E-state index in [0.29, 0.717) is 24.8 Å². The Morgan fingerprint density at radius 3 is 2.75 bits per heavy atom. The Balaban J connectivity index is 1.42. The standard InChI is InChI=1S/C17H17ClN4O2/c18-15-9-16(20-11-19-15)21-5-7-22(8-6-21)17(23)13-10-24-14-4-2-1-3-12(13)14/h1-4,9,11,13H,5-8,10H2/t13-/m0/s1. The minimum absolute atomic E-state index is 0.139. The van der Waals surface area contributed by atoms with E-state index in [2.05, 4.69) is 14.9 Å². The van der Waals surface area contributed by atoms with Crippen molar-refractivity contribution in [3.63, 3.8) is 0 Å². The third-order valence-corrected chi connectivity index (χ3v) is 4.74. The first-order valence-corrected chi connectivity index (χ1v) is 8.33. The van der Waals surface area contributed by atoms with Crippen LogP contribution in [0.4, 0.5) is 5.82 Å². The number of para-hydroxylation sites is 1. The van der Waals surface area contributed by atoms with Gasteiger partial charge in [-0.15, -0.1) is 0 Å². The van der Waals surface area contributed by atoms with Gasteiger partial charge in [0, 0.05) is 37.8 Å². The summed E-state index contributed by atoms with van der Waals surface area (Å²) in [5.41, 5.74) is 0.993. The molecule has 1 fully saturated rings. The number of piperazine rings is 1. The van der Waals surface area contributed by atoms with E-state index >= 15 is 0 Å². The number of amides is 1. The molecule has 24 heavy (non-hydrogen) atoms. The van der Waals surface area contributed by atoms with Crippen molar-refractivity contribution in [1.82, 2.24) is 14.9 Å². The Labute approximate surface area is 145 Å². The lowest BCUT2D eigenvalue weighted by Crippen LogP contribution is -2.50. The molecule has 2 aromatic rings. The second-order valence-corrected chi connectivity index (χ2v) is 6.30. The third kappa shape index (κ3) is 2.78. The maximum Gasteiger partial charge on any atom is 0.233 e. The van der Waals surface area contributed by atoms with Gasteiger partial charge in [0.25, 0.3) is 0 Å². The Morgan fingerprint density at radius 2 is 1.96 bits per heavy atom. The highest BCUT2D eigenvalue weighted by Gasteiger charge is 2.34. The molecular weight excluding hydrogens is 328 g/mol.